The van der Waals surface area contributed by atoms with Gasteiger partial charge in [-0.25, -0.2) is 0 Å². The van der Waals surface area contributed by atoms with E-state index in [1.165, 1.54) is 25.7 Å². The number of nitrogens with one attached hydrogen (secondary N) is 1. The van der Waals surface area contributed by atoms with Gasteiger partial charge in [-0.3, -0.25) is 4.79 Å². The van der Waals surface area contributed by atoms with Crippen LogP contribution in [0.4, 0.5) is 0 Å². The summed E-state index contributed by atoms with van der Waals surface area (Å²) in [5.41, 5.74) is 0. The minimum Gasteiger partial charge on any atom is -0.394 e. The van der Waals surface area contributed by atoms with Gasteiger partial charge >= 0.3 is 0 Å². The Morgan fingerprint density at radius 2 is 1.02 bits per heavy atom. The van der Waals surface area contributed by atoms with Crippen LogP contribution >= 0.6 is 0 Å². The second-order valence-corrected chi connectivity index (χ2v) is 15.8. The minimum atomic E-state index is -1.56. The highest BCUT2D eigenvalue weighted by atomic mass is 16.7. The zero-order valence-corrected chi connectivity index (χ0v) is 37.9. The van der Waals surface area contributed by atoms with Crippen LogP contribution in [0.3, 0.4) is 0 Å². The Kier molecular flexibility index (Phi) is 37.5. The van der Waals surface area contributed by atoms with Gasteiger partial charge in [-0.05, 0) is 83.5 Å². The molecular weight excluding hydrogens is 767 g/mol. The maximum atomic E-state index is 12.9. The third-order valence-electron chi connectivity index (χ3n) is 10.4. The quantitative estimate of drug-likeness (QED) is 0.0267. The first-order valence-electron chi connectivity index (χ1n) is 23.6. The molecule has 0 aromatic heterocycles. The number of aliphatic hydroxyl groups excluding tert-OH is 5. The molecule has 61 heavy (non-hydrogen) atoms. The van der Waals surface area contributed by atoms with Crippen LogP contribution in [0.2, 0.25) is 0 Å². The first kappa shape index (κ1) is 55.9. The Labute approximate surface area is 370 Å². The maximum Gasteiger partial charge on any atom is 0.220 e. The fourth-order valence-electron chi connectivity index (χ4n) is 6.62. The number of carbonyl (C=O) groups is 1. The number of rotatable bonds is 37. The molecule has 1 amide bonds. The fraction of sp³-hybridized carbons (Fsp3) is 0.635. The number of amides is 1. The van der Waals surface area contributed by atoms with Crippen molar-refractivity contribution < 1.29 is 39.8 Å². The lowest BCUT2D eigenvalue weighted by molar-refractivity contribution is -0.302. The lowest BCUT2D eigenvalue weighted by atomic mass is 9.99. The summed E-state index contributed by atoms with van der Waals surface area (Å²) in [7, 11) is 0. The van der Waals surface area contributed by atoms with Gasteiger partial charge in [-0.15, -0.1) is 0 Å². The van der Waals surface area contributed by atoms with Crippen LogP contribution in [0, 0.1) is 0 Å². The first-order valence-corrected chi connectivity index (χ1v) is 23.6. The van der Waals surface area contributed by atoms with Gasteiger partial charge in [0.2, 0.25) is 5.91 Å². The highest BCUT2D eigenvalue weighted by molar-refractivity contribution is 5.76. The lowest BCUT2D eigenvalue weighted by Crippen LogP contribution is -2.60. The van der Waals surface area contributed by atoms with Crippen molar-refractivity contribution in [2.45, 2.75) is 198 Å². The van der Waals surface area contributed by atoms with Crippen molar-refractivity contribution in [2.75, 3.05) is 13.2 Å². The number of unbranched alkanes of at least 4 members (excludes halogenated alkanes) is 9. The molecule has 7 atom stereocenters. The van der Waals surface area contributed by atoms with Crippen LogP contribution in [0.1, 0.15) is 155 Å². The summed E-state index contributed by atoms with van der Waals surface area (Å²) < 4.78 is 11.2. The summed E-state index contributed by atoms with van der Waals surface area (Å²) in [6, 6.07) is -0.742. The maximum absolute atomic E-state index is 12.9. The van der Waals surface area contributed by atoms with Crippen LogP contribution in [0.5, 0.6) is 0 Å². The average Bonchev–Trinajstić information content (AvgIpc) is 3.26. The van der Waals surface area contributed by atoms with Gasteiger partial charge in [0, 0.05) is 6.42 Å². The molecule has 7 unspecified atom stereocenters. The molecule has 0 aromatic rings. The molecule has 1 aliphatic heterocycles. The van der Waals surface area contributed by atoms with E-state index in [0.717, 1.165) is 103 Å². The van der Waals surface area contributed by atoms with Crippen molar-refractivity contribution in [3.63, 3.8) is 0 Å². The summed E-state index contributed by atoms with van der Waals surface area (Å²) in [6.45, 7) is 3.61. The molecule has 1 rings (SSSR count). The molecule has 9 nitrogen and oxygen atoms in total. The number of ether oxygens (including phenoxy) is 2. The van der Waals surface area contributed by atoms with Crippen molar-refractivity contribution in [3.05, 3.63) is 109 Å². The SMILES string of the molecule is CC/C=C\C/C=C\C/C=C\C/C=C\C/C=C\C/C=C\C/C=C\C/C=C\C/C=C\CCCCCC(=O)NC(COC1OC(CO)C(O)C(O)C1O)C(O)CCCCCCCCC. The Hall–Kier alpha value is -3.15. The number of hydrogen-bond acceptors (Lipinski definition) is 8. The molecule has 1 saturated heterocycles. The Morgan fingerprint density at radius 3 is 1.49 bits per heavy atom. The molecule has 346 valence electrons. The standard InChI is InChI=1S/C52H85NO8/c1-3-5-7-9-11-12-13-14-15-16-17-18-19-20-21-22-23-24-25-26-27-28-29-30-31-32-33-34-36-38-40-42-48(56)53-45(46(55)41-39-37-35-10-8-6-4-2)44-60-52-51(59)50(58)49(57)47(43-54)61-52/h5,7,11-12,14-15,17-18,20-21,23-24,26-27,29-30,32-33,45-47,49-52,54-55,57-59H,3-4,6,8-10,13,16,19,22,25,28,31,34-44H2,1-2H3,(H,53,56)/b7-5-,12-11-,15-14-,18-17-,21-20-,24-23-,27-26-,30-29-,33-32-. The number of carbonyl (C=O) groups excluding carboxylic acids is 1. The van der Waals surface area contributed by atoms with Crippen LogP contribution in [-0.2, 0) is 14.3 Å². The molecule has 9 heteroatoms. The number of hydrogen-bond donors (Lipinski definition) is 6. The molecule has 0 aliphatic carbocycles. The normalized spacial score (nSPS) is 21.5. The average molecular weight is 852 g/mol. The second-order valence-electron chi connectivity index (χ2n) is 15.8. The summed E-state index contributed by atoms with van der Waals surface area (Å²) in [5, 5.41) is 54.0. The van der Waals surface area contributed by atoms with Gasteiger partial charge in [0.15, 0.2) is 6.29 Å². The first-order chi connectivity index (χ1) is 29.8. The highest BCUT2D eigenvalue weighted by Crippen LogP contribution is 2.23. The molecule has 0 radical (unpaired) electrons. The van der Waals surface area contributed by atoms with Crippen molar-refractivity contribution in [2.24, 2.45) is 0 Å². The predicted molar refractivity (Wildman–Crippen MR) is 253 cm³/mol. The summed E-state index contributed by atoms with van der Waals surface area (Å²) in [4.78, 5) is 12.9. The highest BCUT2D eigenvalue weighted by Gasteiger charge is 2.44. The molecule has 0 aromatic carbocycles. The Balaban J connectivity index is 2.23. The number of allylic oxidation sites excluding steroid dienone is 18. The van der Waals surface area contributed by atoms with Gasteiger partial charge in [0.25, 0.3) is 0 Å². The minimum absolute atomic E-state index is 0.161. The van der Waals surface area contributed by atoms with E-state index in [1.807, 2.05) is 0 Å². The topological polar surface area (TPSA) is 149 Å². The van der Waals surface area contributed by atoms with Crippen LogP contribution in [0.15, 0.2) is 109 Å². The monoisotopic (exact) mass is 852 g/mol. The van der Waals surface area contributed by atoms with E-state index in [0.29, 0.717) is 12.8 Å². The fourth-order valence-corrected chi connectivity index (χ4v) is 6.62. The van der Waals surface area contributed by atoms with E-state index in [9.17, 15) is 30.3 Å². The van der Waals surface area contributed by atoms with Crippen molar-refractivity contribution in [1.29, 1.82) is 0 Å². The third-order valence-corrected chi connectivity index (χ3v) is 10.4. The van der Waals surface area contributed by atoms with E-state index in [1.54, 1.807) is 0 Å². The van der Waals surface area contributed by atoms with E-state index < -0.39 is 49.5 Å². The van der Waals surface area contributed by atoms with Crippen LogP contribution in [-0.4, -0.2) is 87.5 Å². The van der Waals surface area contributed by atoms with E-state index >= 15 is 0 Å². The number of aliphatic hydroxyl groups is 5. The van der Waals surface area contributed by atoms with Crippen LogP contribution < -0.4 is 5.32 Å². The largest absolute Gasteiger partial charge is 0.394 e. The van der Waals surface area contributed by atoms with E-state index in [2.05, 4.69) is 129 Å². The summed E-state index contributed by atoms with van der Waals surface area (Å²) in [6.07, 6.45) is 52.7. The van der Waals surface area contributed by atoms with Gasteiger partial charge in [-0.1, -0.05) is 175 Å². The molecule has 1 aliphatic rings. The zero-order chi connectivity index (χ0) is 44.4. The van der Waals surface area contributed by atoms with Gasteiger partial charge in [0.1, 0.15) is 24.4 Å². The predicted octanol–water partition coefficient (Wildman–Crippen LogP) is 10.3. The van der Waals surface area contributed by atoms with Gasteiger partial charge < -0.3 is 40.3 Å². The lowest BCUT2D eigenvalue weighted by Gasteiger charge is -2.40. The van der Waals surface area contributed by atoms with E-state index in [-0.39, 0.29) is 12.5 Å². The second kappa shape index (κ2) is 40.9. The van der Waals surface area contributed by atoms with E-state index in [4.69, 9.17) is 9.47 Å². The van der Waals surface area contributed by atoms with Gasteiger partial charge in [0.05, 0.1) is 25.4 Å². The van der Waals surface area contributed by atoms with Crippen LogP contribution in [0.25, 0.3) is 0 Å². The van der Waals surface area contributed by atoms with Crippen molar-refractivity contribution >= 4 is 5.91 Å². The molecule has 1 fully saturated rings. The smallest absolute Gasteiger partial charge is 0.220 e. The van der Waals surface area contributed by atoms with Crippen molar-refractivity contribution in [1.82, 2.24) is 5.32 Å². The zero-order valence-electron chi connectivity index (χ0n) is 37.9. The Bertz CT molecular complexity index is 1310. The summed E-state index contributed by atoms with van der Waals surface area (Å²) >= 11 is 0. The molecule has 0 spiro atoms. The molecule has 1 heterocycles. The molecule has 0 bridgehead atoms. The summed E-state index contributed by atoms with van der Waals surface area (Å²) in [5.74, 6) is -0.187. The van der Waals surface area contributed by atoms with Crippen molar-refractivity contribution in [3.8, 4) is 0 Å². The molecule has 6 N–H and O–H groups in total. The third kappa shape index (κ3) is 31.4. The molecule has 0 saturated carbocycles. The molecular formula is C52H85NO8. The Morgan fingerprint density at radius 1 is 0.574 bits per heavy atom. The van der Waals surface area contributed by atoms with Gasteiger partial charge in [-0.2, -0.15) is 0 Å².